The predicted octanol–water partition coefficient (Wildman–Crippen LogP) is 5.78. The third-order valence-corrected chi connectivity index (χ3v) is 7.18. The molecule has 2 aromatic rings. The van der Waals surface area contributed by atoms with Crippen molar-refractivity contribution in [2.75, 3.05) is 24.7 Å². The highest BCUT2D eigenvalue weighted by molar-refractivity contribution is 14.1. The van der Waals surface area contributed by atoms with Gasteiger partial charge in [0, 0.05) is 38.4 Å². The predicted molar refractivity (Wildman–Crippen MR) is 125 cm³/mol. The molecular formula is C16H16I3N3O2. The highest BCUT2D eigenvalue weighted by atomic mass is 127. The van der Waals surface area contributed by atoms with Crippen LogP contribution in [0.2, 0.25) is 0 Å². The zero-order valence-electron chi connectivity index (χ0n) is 13.6. The number of anilines is 2. The van der Waals surface area contributed by atoms with Crippen molar-refractivity contribution in [3.8, 4) is 11.1 Å². The van der Waals surface area contributed by atoms with Crippen molar-refractivity contribution in [3.63, 3.8) is 0 Å². The molecule has 0 aliphatic carbocycles. The fourth-order valence-corrected chi connectivity index (χ4v) is 7.40. The van der Waals surface area contributed by atoms with Crippen LogP contribution < -0.4 is 10.6 Å². The maximum atomic E-state index is 11.4. The summed E-state index contributed by atoms with van der Waals surface area (Å²) < 4.78 is 3.22. The molecule has 0 saturated carbocycles. The lowest BCUT2D eigenvalue weighted by Crippen LogP contribution is -2.06. The third-order valence-electron chi connectivity index (χ3n) is 3.94. The molecule has 0 aliphatic rings. The van der Waals surface area contributed by atoms with Crippen LogP contribution in [0.25, 0.3) is 11.1 Å². The van der Waals surface area contributed by atoms with Gasteiger partial charge in [-0.1, -0.05) is 6.07 Å². The van der Waals surface area contributed by atoms with Gasteiger partial charge in [0.15, 0.2) is 0 Å². The van der Waals surface area contributed by atoms with E-state index in [0.29, 0.717) is 5.56 Å². The Bertz CT molecular complexity index is 807. The van der Waals surface area contributed by atoms with E-state index in [9.17, 15) is 10.1 Å². The summed E-state index contributed by atoms with van der Waals surface area (Å²) >= 11 is 6.93. The topological polar surface area (TPSA) is 67.2 Å². The minimum absolute atomic E-state index is 0.159. The molecular weight excluding hydrogens is 647 g/mol. The number of rotatable bonds is 4. The fraction of sp³-hybridized carbons (Fsp3) is 0.250. The highest BCUT2D eigenvalue weighted by Gasteiger charge is 2.23. The molecule has 0 aromatic heterocycles. The minimum Gasteiger partial charge on any atom is -0.386 e. The Morgan fingerprint density at radius 3 is 1.88 bits per heavy atom. The van der Waals surface area contributed by atoms with E-state index in [1.165, 1.54) is 0 Å². The van der Waals surface area contributed by atoms with Gasteiger partial charge in [0.05, 0.1) is 19.9 Å². The number of nitro groups is 1. The number of benzene rings is 2. The quantitative estimate of drug-likeness (QED) is 0.248. The van der Waals surface area contributed by atoms with Gasteiger partial charge in [-0.15, -0.1) is 0 Å². The maximum Gasteiger partial charge on any atom is 0.273 e. The number of nitrogens with one attached hydrogen (secondary N) is 2. The average molecular weight is 663 g/mol. The molecule has 0 radical (unpaired) electrons. The number of hydrogen-bond acceptors (Lipinski definition) is 4. The first-order chi connectivity index (χ1) is 11.2. The average Bonchev–Trinajstić information content (AvgIpc) is 2.51. The van der Waals surface area contributed by atoms with E-state index in [1.807, 2.05) is 27.1 Å². The smallest absolute Gasteiger partial charge is 0.273 e. The molecule has 24 heavy (non-hydrogen) atoms. The normalized spacial score (nSPS) is 10.6. The molecule has 128 valence electrons. The number of nitro benzene ring substituents is 1. The second kappa shape index (κ2) is 7.89. The zero-order chi connectivity index (χ0) is 18.2. The molecule has 0 saturated heterocycles. The van der Waals surface area contributed by atoms with Crippen molar-refractivity contribution in [2.24, 2.45) is 0 Å². The molecule has 0 heterocycles. The van der Waals surface area contributed by atoms with Crippen LogP contribution in [-0.4, -0.2) is 19.0 Å². The van der Waals surface area contributed by atoms with Crippen LogP contribution in [0, 0.1) is 34.7 Å². The molecule has 0 amide bonds. The van der Waals surface area contributed by atoms with Gasteiger partial charge in [-0.25, -0.2) is 0 Å². The Morgan fingerprint density at radius 1 is 0.958 bits per heavy atom. The molecule has 8 heteroatoms. The van der Waals surface area contributed by atoms with Gasteiger partial charge in [-0.05, 0) is 92.7 Å². The molecule has 0 atom stereocenters. The van der Waals surface area contributed by atoms with Crippen LogP contribution in [0.3, 0.4) is 0 Å². The fourth-order valence-electron chi connectivity index (χ4n) is 2.53. The summed E-state index contributed by atoms with van der Waals surface area (Å²) in [5, 5.41) is 17.9. The van der Waals surface area contributed by atoms with Crippen molar-refractivity contribution < 1.29 is 4.92 Å². The summed E-state index contributed by atoms with van der Waals surface area (Å²) in [5.74, 6) is 0. The first-order valence-corrected chi connectivity index (χ1v) is 10.3. The highest BCUT2D eigenvalue weighted by Crippen LogP contribution is 2.44. The Balaban J connectivity index is 2.90. The van der Waals surface area contributed by atoms with Gasteiger partial charge >= 0.3 is 0 Å². The van der Waals surface area contributed by atoms with Gasteiger partial charge in [0.1, 0.15) is 0 Å². The van der Waals surface area contributed by atoms with Crippen molar-refractivity contribution in [1.29, 1.82) is 0 Å². The summed E-state index contributed by atoms with van der Waals surface area (Å²) in [6, 6.07) is 3.70. The summed E-state index contributed by atoms with van der Waals surface area (Å²) in [4.78, 5) is 11.1. The van der Waals surface area contributed by atoms with Crippen LogP contribution in [-0.2, 0) is 0 Å². The molecule has 0 aliphatic heterocycles. The second-order valence-corrected chi connectivity index (χ2v) is 8.50. The van der Waals surface area contributed by atoms with Crippen LogP contribution in [0.1, 0.15) is 11.1 Å². The number of aryl methyl sites for hydroxylation is 1. The molecule has 2 rings (SSSR count). The lowest BCUT2D eigenvalue weighted by molar-refractivity contribution is -0.385. The van der Waals surface area contributed by atoms with Crippen LogP contribution in [0.5, 0.6) is 0 Å². The van der Waals surface area contributed by atoms with Crippen molar-refractivity contribution in [1.82, 2.24) is 0 Å². The molecule has 0 unspecified atom stereocenters. The largest absolute Gasteiger partial charge is 0.386 e. The minimum atomic E-state index is -0.309. The van der Waals surface area contributed by atoms with Crippen LogP contribution in [0.4, 0.5) is 17.1 Å². The Morgan fingerprint density at radius 2 is 1.46 bits per heavy atom. The van der Waals surface area contributed by atoms with Crippen LogP contribution in [0.15, 0.2) is 12.1 Å². The Labute approximate surface area is 181 Å². The van der Waals surface area contributed by atoms with Crippen LogP contribution >= 0.6 is 67.8 Å². The van der Waals surface area contributed by atoms with Crippen molar-refractivity contribution in [3.05, 3.63) is 44.1 Å². The van der Waals surface area contributed by atoms with E-state index in [0.717, 1.165) is 38.8 Å². The van der Waals surface area contributed by atoms with E-state index in [2.05, 4.69) is 78.4 Å². The van der Waals surface area contributed by atoms with E-state index >= 15 is 0 Å². The zero-order valence-corrected chi connectivity index (χ0v) is 20.0. The standard InChI is InChI=1S/C16H16I3N3O2/c1-7-5-9(6-10(8(7)2)22(23)24)11-12(17)15(20-3)14(19)16(21-4)13(11)18/h5-6,20-21H,1-4H3. The molecule has 2 N–H and O–H groups in total. The van der Waals surface area contributed by atoms with E-state index in [1.54, 1.807) is 13.0 Å². The third kappa shape index (κ3) is 3.45. The van der Waals surface area contributed by atoms with Gasteiger partial charge in [0.25, 0.3) is 5.69 Å². The van der Waals surface area contributed by atoms with Gasteiger partial charge < -0.3 is 10.6 Å². The second-order valence-electron chi connectivity index (χ2n) is 5.26. The van der Waals surface area contributed by atoms with Gasteiger partial charge in [-0.2, -0.15) is 0 Å². The maximum absolute atomic E-state index is 11.4. The number of nitrogens with zero attached hydrogens (tertiary/aromatic N) is 1. The molecule has 0 fully saturated rings. The van der Waals surface area contributed by atoms with E-state index < -0.39 is 0 Å². The molecule has 5 nitrogen and oxygen atoms in total. The molecule has 0 bridgehead atoms. The molecule has 2 aromatic carbocycles. The van der Waals surface area contributed by atoms with Crippen molar-refractivity contribution >= 4 is 84.8 Å². The summed E-state index contributed by atoms with van der Waals surface area (Å²) in [5.41, 5.74) is 5.71. The summed E-state index contributed by atoms with van der Waals surface area (Å²) in [6.45, 7) is 3.70. The lowest BCUT2D eigenvalue weighted by Gasteiger charge is -2.20. The summed E-state index contributed by atoms with van der Waals surface area (Å²) in [7, 11) is 3.77. The monoisotopic (exact) mass is 663 g/mol. The lowest BCUT2D eigenvalue weighted by atomic mass is 9.98. The van der Waals surface area contributed by atoms with E-state index in [-0.39, 0.29) is 10.6 Å². The Kier molecular flexibility index (Phi) is 6.56. The first kappa shape index (κ1) is 19.9. The Hall–Kier alpha value is -0.370. The van der Waals surface area contributed by atoms with Gasteiger partial charge in [-0.3, -0.25) is 10.1 Å². The SMILES string of the molecule is CNc1c(I)c(NC)c(I)c(-c2cc(C)c(C)c([N+](=O)[O-])c2)c1I. The number of hydrogen-bond donors (Lipinski definition) is 2. The molecule has 0 spiro atoms. The van der Waals surface area contributed by atoms with Gasteiger partial charge in [0.2, 0.25) is 0 Å². The number of halogens is 3. The van der Waals surface area contributed by atoms with Crippen molar-refractivity contribution in [2.45, 2.75) is 13.8 Å². The van der Waals surface area contributed by atoms with E-state index in [4.69, 9.17) is 0 Å². The summed E-state index contributed by atoms with van der Waals surface area (Å²) in [6.07, 6.45) is 0. The first-order valence-electron chi connectivity index (χ1n) is 7.06.